The van der Waals surface area contributed by atoms with Gasteiger partial charge in [-0.15, -0.1) is 0 Å². The molecule has 0 radical (unpaired) electrons. The average molecular weight is 463 g/mol. The fourth-order valence-corrected chi connectivity index (χ4v) is 3.08. The lowest BCUT2D eigenvalue weighted by Gasteiger charge is -2.12. The average Bonchev–Trinajstić information content (AvgIpc) is 2.84. The van der Waals surface area contributed by atoms with Crippen LogP contribution in [0, 0.1) is 24.0 Å². The molecule has 2 N–H and O–H groups in total. The van der Waals surface area contributed by atoms with Crippen LogP contribution in [0.1, 0.15) is 22.3 Å². The van der Waals surface area contributed by atoms with Crippen molar-refractivity contribution < 1.29 is 19.2 Å². The highest BCUT2D eigenvalue weighted by Gasteiger charge is 2.19. The van der Waals surface area contributed by atoms with Gasteiger partial charge >= 0.3 is 0 Å². The largest absolute Gasteiger partial charge is 0.493 e. The van der Waals surface area contributed by atoms with Gasteiger partial charge in [-0.2, -0.15) is 5.10 Å². The molecule has 3 aromatic rings. The lowest BCUT2D eigenvalue weighted by molar-refractivity contribution is -0.385. The lowest BCUT2D eigenvalue weighted by Crippen LogP contribution is -2.25. The van der Waals surface area contributed by atoms with E-state index in [1.807, 2.05) is 62.4 Å². The zero-order valence-corrected chi connectivity index (χ0v) is 19.2. The van der Waals surface area contributed by atoms with Crippen LogP contribution in [0.2, 0.25) is 0 Å². The monoisotopic (exact) mass is 462 g/mol. The third-order valence-corrected chi connectivity index (χ3v) is 5.10. The Kier molecular flexibility index (Phi) is 8.17. The summed E-state index contributed by atoms with van der Waals surface area (Å²) in [6, 6.07) is 18.0. The topological polar surface area (TPSA) is 115 Å². The van der Waals surface area contributed by atoms with E-state index in [0.29, 0.717) is 5.75 Å². The number of anilines is 1. The quantitative estimate of drug-likeness (QED) is 0.263. The van der Waals surface area contributed by atoms with Crippen LogP contribution < -0.4 is 20.2 Å². The molecule has 0 spiro atoms. The second-order valence-electron chi connectivity index (χ2n) is 7.54. The van der Waals surface area contributed by atoms with Crippen molar-refractivity contribution in [2.24, 2.45) is 5.10 Å². The molecule has 176 valence electrons. The minimum absolute atomic E-state index is 0.00246. The molecule has 0 atom stereocenters. The van der Waals surface area contributed by atoms with Crippen molar-refractivity contribution in [1.29, 1.82) is 0 Å². The Morgan fingerprint density at radius 2 is 1.82 bits per heavy atom. The molecule has 0 saturated heterocycles. The number of nitrogens with one attached hydrogen (secondary N) is 2. The zero-order chi connectivity index (χ0) is 24.5. The smallest absolute Gasteiger partial charge is 0.282 e. The summed E-state index contributed by atoms with van der Waals surface area (Å²) < 4.78 is 11.1. The Labute approximate surface area is 197 Å². The predicted octanol–water partition coefficient (Wildman–Crippen LogP) is 4.36. The van der Waals surface area contributed by atoms with E-state index < -0.39 is 10.8 Å². The van der Waals surface area contributed by atoms with E-state index in [9.17, 15) is 14.9 Å². The van der Waals surface area contributed by atoms with E-state index >= 15 is 0 Å². The van der Waals surface area contributed by atoms with Gasteiger partial charge in [-0.05, 0) is 48.7 Å². The molecule has 0 heterocycles. The second-order valence-corrected chi connectivity index (χ2v) is 7.54. The van der Waals surface area contributed by atoms with E-state index in [1.165, 1.54) is 25.5 Å². The van der Waals surface area contributed by atoms with Gasteiger partial charge in [0, 0.05) is 5.69 Å². The maximum atomic E-state index is 12.1. The summed E-state index contributed by atoms with van der Waals surface area (Å²) in [5, 5.41) is 18.5. The number of nitrogens with zero attached hydrogens (tertiary/aromatic N) is 2. The molecule has 0 saturated carbocycles. The van der Waals surface area contributed by atoms with Crippen molar-refractivity contribution in [2.75, 3.05) is 19.0 Å². The molecule has 9 nitrogen and oxygen atoms in total. The van der Waals surface area contributed by atoms with Crippen molar-refractivity contribution >= 4 is 23.5 Å². The van der Waals surface area contributed by atoms with Gasteiger partial charge in [-0.1, -0.05) is 36.4 Å². The van der Waals surface area contributed by atoms with Gasteiger partial charge in [0.05, 0.1) is 36.4 Å². The van der Waals surface area contributed by atoms with Gasteiger partial charge in [0.1, 0.15) is 6.61 Å². The normalized spacial score (nSPS) is 10.7. The number of hydrazone groups is 1. The number of benzene rings is 3. The van der Waals surface area contributed by atoms with Crippen LogP contribution in [-0.4, -0.2) is 30.7 Å². The Morgan fingerprint density at radius 3 is 2.50 bits per heavy atom. The fraction of sp³-hybridized carbons (Fsp3) is 0.200. The number of nitro groups is 1. The molecule has 0 aliphatic rings. The van der Waals surface area contributed by atoms with Crippen molar-refractivity contribution in [3.8, 4) is 11.5 Å². The molecule has 3 aromatic carbocycles. The molecular weight excluding hydrogens is 436 g/mol. The molecule has 0 aliphatic carbocycles. The van der Waals surface area contributed by atoms with Crippen LogP contribution in [0.5, 0.6) is 11.5 Å². The molecule has 0 bridgehead atoms. The minimum Gasteiger partial charge on any atom is -0.493 e. The number of carbonyl (C=O) groups excluding carboxylic acids is 1. The van der Waals surface area contributed by atoms with Crippen LogP contribution in [-0.2, 0) is 11.4 Å². The summed E-state index contributed by atoms with van der Waals surface area (Å²) >= 11 is 0. The number of hydrogen-bond donors (Lipinski definition) is 2. The molecular formula is C25H26N4O5. The summed E-state index contributed by atoms with van der Waals surface area (Å²) in [6.45, 7) is 4.23. The maximum Gasteiger partial charge on any atom is 0.282 e. The highest BCUT2D eigenvalue weighted by Crippen LogP contribution is 2.34. The molecule has 1 amide bonds. The number of nitro benzene ring substituents is 1. The third kappa shape index (κ3) is 6.55. The van der Waals surface area contributed by atoms with Gasteiger partial charge < -0.3 is 14.8 Å². The Balaban J connectivity index is 1.66. The van der Waals surface area contributed by atoms with Crippen molar-refractivity contribution in [3.05, 3.63) is 93.0 Å². The SMILES string of the molecule is COc1cc(C=NNC(=O)CNc2ccc(C)c(C)c2)c([N+](=O)[O-])cc1OCc1ccccc1. The van der Waals surface area contributed by atoms with Gasteiger partial charge in [-0.3, -0.25) is 14.9 Å². The van der Waals surface area contributed by atoms with Crippen LogP contribution in [0.25, 0.3) is 0 Å². The van der Waals surface area contributed by atoms with E-state index in [0.717, 1.165) is 22.4 Å². The minimum atomic E-state index is -0.542. The molecule has 0 unspecified atom stereocenters. The first kappa shape index (κ1) is 24.2. The summed E-state index contributed by atoms with van der Waals surface area (Å²) in [5.41, 5.74) is 6.30. The Morgan fingerprint density at radius 1 is 1.06 bits per heavy atom. The molecule has 0 aliphatic heterocycles. The van der Waals surface area contributed by atoms with Crippen LogP contribution >= 0.6 is 0 Å². The Bertz CT molecular complexity index is 1200. The van der Waals surface area contributed by atoms with Crippen LogP contribution in [0.15, 0.2) is 65.8 Å². The Hall–Kier alpha value is -4.40. The number of aryl methyl sites for hydroxylation is 2. The summed E-state index contributed by atoms with van der Waals surface area (Å²) in [7, 11) is 1.44. The number of ether oxygens (including phenoxy) is 2. The van der Waals surface area contributed by atoms with E-state index in [1.54, 1.807) is 0 Å². The van der Waals surface area contributed by atoms with Gasteiger partial charge in [0.25, 0.3) is 11.6 Å². The molecule has 9 heteroatoms. The van der Waals surface area contributed by atoms with E-state index in [4.69, 9.17) is 9.47 Å². The first-order valence-electron chi connectivity index (χ1n) is 10.5. The van der Waals surface area contributed by atoms with Crippen molar-refractivity contribution in [1.82, 2.24) is 5.43 Å². The first-order valence-corrected chi connectivity index (χ1v) is 10.5. The predicted molar refractivity (Wildman–Crippen MR) is 131 cm³/mol. The van der Waals surface area contributed by atoms with Crippen LogP contribution in [0.3, 0.4) is 0 Å². The van der Waals surface area contributed by atoms with Crippen molar-refractivity contribution in [2.45, 2.75) is 20.5 Å². The van der Waals surface area contributed by atoms with Gasteiger partial charge in [0.15, 0.2) is 11.5 Å². The third-order valence-electron chi connectivity index (χ3n) is 5.10. The second kappa shape index (κ2) is 11.5. The number of carbonyl (C=O) groups is 1. The number of hydrogen-bond acceptors (Lipinski definition) is 7. The van der Waals surface area contributed by atoms with E-state index in [-0.39, 0.29) is 30.2 Å². The number of methoxy groups -OCH3 is 1. The lowest BCUT2D eigenvalue weighted by atomic mass is 10.1. The summed E-state index contributed by atoms with van der Waals surface area (Å²) in [5.74, 6) is 0.148. The zero-order valence-electron chi connectivity index (χ0n) is 19.2. The number of rotatable bonds is 10. The number of amides is 1. The van der Waals surface area contributed by atoms with Gasteiger partial charge in [0.2, 0.25) is 0 Å². The molecule has 34 heavy (non-hydrogen) atoms. The summed E-state index contributed by atoms with van der Waals surface area (Å²) in [6.07, 6.45) is 1.20. The van der Waals surface area contributed by atoms with Crippen LogP contribution in [0.4, 0.5) is 11.4 Å². The van der Waals surface area contributed by atoms with E-state index in [2.05, 4.69) is 15.8 Å². The standard InChI is InChI=1S/C25H26N4O5/c1-17-9-10-21(11-18(17)2)26-15-25(30)28-27-14-20-12-23(33-3)24(13-22(20)29(31)32)34-16-19-7-5-4-6-8-19/h4-14,26H,15-16H2,1-3H3,(H,28,30). The fourth-order valence-electron chi connectivity index (χ4n) is 3.08. The molecule has 3 rings (SSSR count). The molecule has 0 aromatic heterocycles. The highest BCUT2D eigenvalue weighted by atomic mass is 16.6. The first-order chi connectivity index (χ1) is 16.4. The highest BCUT2D eigenvalue weighted by molar-refractivity contribution is 5.88. The molecule has 0 fully saturated rings. The maximum absolute atomic E-state index is 12.1. The van der Waals surface area contributed by atoms with Crippen molar-refractivity contribution in [3.63, 3.8) is 0 Å². The van der Waals surface area contributed by atoms with Gasteiger partial charge in [-0.25, -0.2) is 5.43 Å². The summed E-state index contributed by atoms with van der Waals surface area (Å²) in [4.78, 5) is 23.2.